The monoisotopic (exact) mass is 455 g/mol. The van der Waals surface area contributed by atoms with Crippen molar-refractivity contribution in [1.29, 1.82) is 0 Å². The quantitative estimate of drug-likeness (QED) is 0.595. The van der Waals surface area contributed by atoms with Crippen LogP contribution in [0.15, 0.2) is 80.6 Å². The van der Waals surface area contributed by atoms with Crippen LogP contribution >= 0.6 is 0 Å². The first kappa shape index (κ1) is 24.9. The first-order valence-electron chi connectivity index (χ1n) is 11.5. The molecule has 3 rings (SSSR count). The summed E-state index contributed by atoms with van der Waals surface area (Å²) in [5.41, 5.74) is 8.07. The van der Waals surface area contributed by atoms with E-state index in [0.717, 1.165) is 52.6 Å². The Labute approximate surface area is 202 Å². The number of allylic oxidation sites excluding steroid dienone is 3. The Morgan fingerprint density at radius 3 is 2.68 bits per heavy atom. The zero-order valence-electron chi connectivity index (χ0n) is 20.7. The Morgan fingerprint density at radius 2 is 1.97 bits per heavy atom. The molecule has 34 heavy (non-hydrogen) atoms. The zero-order chi connectivity index (χ0) is 24.3. The average molecular weight is 456 g/mol. The predicted molar refractivity (Wildman–Crippen MR) is 142 cm³/mol. The first-order chi connectivity index (χ1) is 16.5. The molecule has 0 saturated carbocycles. The van der Waals surface area contributed by atoms with E-state index >= 15 is 0 Å². The van der Waals surface area contributed by atoms with Gasteiger partial charge in [0.05, 0.1) is 12.3 Å². The maximum atomic E-state index is 4.75. The minimum absolute atomic E-state index is 0.568. The van der Waals surface area contributed by atoms with Crippen LogP contribution in [0.3, 0.4) is 0 Å². The third-order valence-corrected chi connectivity index (χ3v) is 5.19. The van der Waals surface area contributed by atoms with E-state index in [0.29, 0.717) is 18.9 Å². The largest absolute Gasteiger partial charge is 0.364 e. The summed E-state index contributed by atoms with van der Waals surface area (Å²) in [5, 5.41) is 3.39. The molecule has 0 radical (unpaired) electrons. The van der Waals surface area contributed by atoms with Crippen LogP contribution in [0.5, 0.6) is 0 Å². The summed E-state index contributed by atoms with van der Waals surface area (Å²) in [6, 6.07) is 8.19. The van der Waals surface area contributed by atoms with Crippen LogP contribution in [-0.2, 0) is 19.5 Å². The van der Waals surface area contributed by atoms with E-state index in [1.165, 1.54) is 5.57 Å². The number of aromatic nitrogens is 2. The molecule has 176 valence electrons. The fourth-order valence-corrected chi connectivity index (χ4v) is 3.64. The Bertz CT molecular complexity index is 1170. The molecule has 7 nitrogen and oxygen atoms in total. The van der Waals surface area contributed by atoms with Gasteiger partial charge in [0.15, 0.2) is 5.84 Å². The van der Waals surface area contributed by atoms with Gasteiger partial charge in [0.2, 0.25) is 0 Å². The Morgan fingerprint density at radius 1 is 1.12 bits per heavy atom. The number of aryl methyl sites for hydroxylation is 1. The van der Waals surface area contributed by atoms with Gasteiger partial charge in [-0.05, 0) is 69.2 Å². The highest BCUT2D eigenvalue weighted by Gasteiger charge is 2.16. The van der Waals surface area contributed by atoms with Crippen LogP contribution in [-0.4, -0.2) is 46.5 Å². The maximum Gasteiger partial charge on any atom is 0.153 e. The lowest BCUT2D eigenvalue weighted by Crippen LogP contribution is -2.36. The van der Waals surface area contributed by atoms with Crippen molar-refractivity contribution in [3.8, 4) is 0 Å². The summed E-state index contributed by atoms with van der Waals surface area (Å²) in [7, 11) is 1.76. The topological polar surface area (TPSA) is 87.2 Å². The van der Waals surface area contributed by atoms with Crippen LogP contribution in [0.4, 0.5) is 0 Å². The second-order valence-electron chi connectivity index (χ2n) is 8.17. The number of hydrogen-bond donors (Lipinski definition) is 1. The third kappa shape index (κ3) is 7.40. The fourth-order valence-electron chi connectivity index (χ4n) is 3.64. The molecule has 7 heteroatoms. The standard InChI is InChI=1S/C27H33N7/c1-6-29-20(3)13-19(2)14-24-8-7-23(17-32-24)18-34-27-26(28-5)25(10-12-31-27)33-16-22-9-11-30-21(4)15-22/h7-13,15,17H,6,14,16,18H2,1-5H3,(H,31,34)/b19-13+,28-26+,29-20-,33-25-. The first-order valence-corrected chi connectivity index (χ1v) is 11.5. The Kier molecular flexibility index (Phi) is 9.14. The highest BCUT2D eigenvalue weighted by Crippen LogP contribution is 2.09. The molecule has 1 aliphatic rings. The van der Waals surface area contributed by atoms with Crippen molar-refractivity contribution in [2.24, 2.45) is 20.0 Å². The van der Waals surface area contributed by atoms with Crippen molar-refractivity contribution >= 4 is 23.0 Å². The van der Waals surface area contributed by atoms with Crippen LogP contribution in [0.1, 0.15) is 43.3 Å². The van der Waals surface area contributed by atoms with Crippen molar-refractivity contribution in [2.45, 2.75) is 47.2 Å². The molecule has 0 aliphatic carbocycles. The molecular weight excluding hydrogens is 422 g/mol. The van der Waals surface area contributed by atoms with Gasteiger partial charge in [0, 0.05) is 62.3 Å². The molecule has 1 aliphatic heterocycles. The van der Waals surface area contributed by atoms with E-state index in [2.05, 4.69) is 55.4 Å². The second kappa shape index (κ2) is 12.5. The lowest BCUT2D eigenvalue weighted by molar-refractivity contribution is 0.903. The molecule has 0 atom stereocenters. The molecule has 3 heterocycles. The molecule has 0 unspecified atom stereocenters. The number of amidine groups is 1. The van der Waals surface area contributed by atoms with E-state index in [1.54, 1.807) is 13.2 Å². The van der Waals surface area contributed by atoms with Gasteiger partial charge in [-0.3, -0.25) is 24.9 Å². The van der Waals surface area contributed by atoms with Crippen molar-refractivity contribution in [2.75, 3.05) is 13.6 Å². The van der Waals surface area contributed by atoms with Crippen LogP contribution in [0.25, 0.3) is 0 Å². The van der Waals surface area contributed by atoms with Crippen LogP contribution in [0.2, 0.25) is 0 Å². The van der Waals surface area contributed by atoms with Crippen molar-refractivity contribution in [3.63, 3.8) is 0 Å². The highest BCUT2D eigenvalue weighted by molar-refractivity contribution is 6.71. The zero-order valence-corrected chi connectivity index (χ0v) is 20.7. The molecule has 2 aromatic heterocycles. The van der Waals surface area contributed by atoms with Crippen molar-refractivity contribution < 1.29 is 0 Å². The number of pyridine rings is 2. The van der Waals surface area contributed by atoms with Gasteiger partial charge >= 0.3 is 0 Å². The van der Waals surface area contributed by atoms with E-state index in [-0.39, 0.29) is 0 Å². The van der Waals surface area contributed by atoms with Gasteiger partial charge in [-0.1, -0.05) is 11.6 Å². The summed E-state index contributed by atoms with van der Waals surface area (Å²) >= 11 is 0. The van der Waals surface area contributed by atoms with Gasteiger partial charge in [-0.15, -0.1) is 0 Å². The molecule has 2 aromatic rings. The Balaban J connectivity index is 1.60. The molecule has 0 amide bonds. The smallest absolute Gasteiger partial charge is 0.153 e. The van der Waals surface area contributed by atoms with E-state index < -0.39 is 0 Å². The molecule has 0 fully saturated rings. The van der Waals surface area contributed by atoms with Gasteiger partial charge in [0.25, 0.3) is 0 Å². The van der Waals surface area contributed by atoms with Gasteiger partial charge < -0.3 is 5.32 Å². The summed E-state index contributed by atoms with van der Waals surface area (Å²) in [6.45, 7) is 10.1. The molecular formula is C27H33N7. The number of hydrogen-bond acceptors (Lipinski definition) is 7. The Hall–Kier alpha value is -3.74. The minimum atomic E-state index is 0.568. The number of aliphatic imine (C=N–C) groups is 4. The minimum Gasteiger partial charge on any atom is -0.364 e. The summed E-state index contributed by atoms with van der Waals surface area (Å²) in [4.78, 5) is 26.9. The predicted octanol–water partition coefficient (Wildman–Crippen LogP) is 4.48. The van der Waals surface area contributed by atoms with Crippen LogP contribution in [0, 0.1) is 6.92 Å². The van der Waals surface area contributed by atoms with Gasteiger partial charge in [-0.2, -0.15) is 0 Å². The molecule has 0 bridgehead atoms. The average Bonchev–Trinajstić information content (AvgIpc) is 2.82. The number of rotatable bonds is 8. The lowest BCUT2D eigenvalue weighted by atomic mass is 10.1. The van der Waals surface area contributed by atoms with Crippen LogP contribution < -0.4 is 5.32 Å². The molecule has 0 aromatic carbocycles. The summed E-state index contributed by atoms with van der Waals surface area (Å²) < 4.78 is 0. The molecule has 0 saturated heterocycles. The SMILES string of the molecule is CC/N=C(C)\C=C(/C)Cc1ccc(CNC2=NC=CC(=N/Cc3ccnc(C)c3)/C2=N\C)cn1. The number of nitrogens with one attached hydrogen (secondary N) is 1. The summed E-state index contributed by atoms with van der Waals surface area (Å²) in [5.74, 6) is 0.711. The fraction of sp³-hybridized carbons (Fsp3) is 0.333. The maximum absolute atomic E-state index is 4.75. The van der Waals surface area contributed by atoms with Crippen molar-refractivity contribution in [1.82, 2.24) is 15.3 Å². The van der Waals surface area contributed by atoms with E-state index in [1.807, 2.05) is 51.4 Å². The molecule has 1 N–H and O–H groups in total. The number of nitrogens with zero attached hydrogens (tertiary/aromatic N) is 6. The normalized spacial score (nSPS) is 16.8. The molecule has 0 spiro atoms. The van der Waals surface area contributed by atoms with E-state index in [4.69, 9.17) is 4.99 Å². The summed E-state index contributed by atoms with van der Waals surface area (Å²) in [6.07, 6.45) is 10.3. The highest BCUT2D eigenvalue weighted by atomic mass is 15.0. The van der Waals surface area contributed by atoms with Gasteiger partial charge in [0.1, 0.15) is 5.71 Å². The van der Waals surface area contributed by atoms with E-state index in [9.17, 15) is 0 Å². The lowest BCUT2D eigenvalue weighted by Gasteiger charge is -2.15. The third-order valence-electron chi connectivity index (χ3n) is 5.19. The second-order valence-corrected chi connectivity index (χ2v) is 8.17. The van der Waals surface area contributed by atoms with Gasteiger partial charge in [-0.25, -0.2) is 4.99 Å². The van der Waals surface area contributed by atoms with Crippen molar-refractivity contribution in [3.05, 3.63) is 83.1 Å².